The molecule has 0 bridgehead atoms. The molecule has 156 valence electrons. The summed E-state index contributed by atoms with van der Waals surface area (Å²) in [4.78, 5) is 25.0. The van der Waals surface area contributed by atoms with Gasteiger partial charge in [-0.1, -0.05) is 6.07 Å². The Morgan fingerprint density at radius 2 is 1.70 bits per heavy atom. The fourth-order valence-electron chi connectivity index (χ4n) is 4.24. The average Bonchev–Trinajstić information content (AvgIpc) is 3.49. The summed E-state index contributed by atoms with van der Waals surface area (Å²) in [5, 5.41) is 5.71. The highest BCUT2D eigenvalue weighted by atomic mass is 16.7. The van der Waals surface area contributed by atoms with Crippen molar-refractivity contribution in [2.75, 3.05) is 17.2 Å². The molecule has 0 aromatic heterocycles. The van der Waals surface area contributed by atoms with Gasteiger partial charge < -0.3 is 24.8 Å². The van der Waals surface area contributed by atoms with Gasteiger partial charge in [0.15, 0.2) is 11.5 Å². The fraction of sp³-hybridized carbons (Fsp3) is 0.391. The molecule has 2 heterocycles. The third-order valence-corrected chi connectivity index (χ3v) is 5.77. The van der Waals surface area contributed by atoms with E-state index >= 15 is 0 Å². The molecule has 1 saturated carbocycles. The van der Waals surface area contributed by atoms with Crippen LogP contribution in [-0.2, 0) is 9.53 Å². The monoisotopic (exact) mass is 408 g/mol. The Kier molecular flexibility index (Phi) is 4.83. The number of anilines is 2. The number of hydrogen-bond acceptors (Lipinski definition) is 5. The Labute approximate surface area is 174 Å². The van der Waals surface area contributed by atoms with Crippen molar-refractivity contribution in [3.05, 3.63) is 48.0 Å². The van der Waals surface area contributed by atoms with Crippen LogP contribution in [0.1, 0.15) is 48.9 Å². The number of ether oxygens (including phenoxy) is 3. The van der Waals surface area contributed by atoms with Crippen LogP contribution >= 0.6 is 0 Å². The van der Waals surface area contributed by atoms with Gasteiger partial charge in [0.1, 0.15) is 6.10 Å². The predicted molar refractivity (Wildman–Crippen MR) is 111 cm³/mol. The van der Waals surface area contributed by atoms with Crippen LogP contribution in [0.4, 0.5) is 11.4 Å². The molecular weight excluding hydrogens is 384 g/mol. The van der Waals surface area contributed by atoms with Crippen LogP contribution in [0.2, 0.25) is 0 Å². The molecular formula is C23H24N2O5. The van der Waals surface area contributed by atoms with Crippen molar-refractivity contribution >= 4 is 23.2 Å². The largest absolute Gasteiger partial charge is 0.448 e. The van der Waals surface area contributed by atoms with Crippen LogP contribution < -0.4 is 20.1 Å². The first-order valence-electron chi connectivity index (χ1n) is 10.5. The second kappa shape index (κ2) is 7.65. The lowest BCUT2D eigenvalue weighted by atomic mass is 10.1. The predicted octanol–water partition coefficient (Wildman–Crippen LogP) is 4.10. The van der Waals surface area contributed by atoms with E-state index in [4.69, 9.17) is 14.2 Å². The lowest BCUT2D eigenvalue weighted by Crippen LogP contribution is -2.34. The Hall–Kier alpha value is -3.06. The highest BCUT2D eigenvalue weighted by Gasteiger charge is 2.44. The van der Waals surface area contributed by atoms with Crippen molar-refractivity contribution in [1.82, 2.24) is 0 Å². The molecule has 1 aliphatic carbocycles. The molecule has 2 fully saturated rings. The number of fused-ring (bicyclic) bond motifs is 1. The maximum atomic E-state index is 12.7. The molecule has 2 aromatic rings. The molecule has 2 N–H and O–H groups in total. The zero-order valence-electron chi connectivity index (χ0n) is 16.6. The number of benzene rings is 2. The summed E-state index contributed by atoms with van der Waals surface area (Å²) in [6.07, 6.45) is 5.14. The lowest BCUT2D eigenvalue weighted by molar-refractivity contribution is -0.124. The van der Waals surface area contributed by atoms with Crippen molar-refractivity contribution in [1.29, 1.82) is 0 Å². The molecule has 1 spiro atoms. The van der Waals surface area contributed by atoms with Gasteiger partial charge in [0.25, 0.3) is 17.6 Å². The number of carbonyl (C=O) groups is 2. The number of nitrogens with one attached hydrogen (secondary N) is 2. The smallest absolute Gasteiger partial charge is 0.255 e. The summed E-state index contributed by atoms with van der Waals surface area (Å²) in [6, 6.07) is 12.3. The molecule has 1 atom stereocenters. The van der Waals surface area contributed by atoms with Gasteiger partial charge in [-0.15, -0.1) is 0 Å². The standard InChI is InChI=1S/C23H24N2O5/c26-21(15-5-3-6-16(13-15)25-22(27)19-7-4-12-28-19)24-17-8-9-18-20(14-17)30-23(29-18)10-1-2-11-23/h3,5-6,8-9,13-14,19H,1-2,4,7,10-12H2,(H,24,26)(H,25,27). The Bertz CT molecular complexity index is 977. The van der Waals surface area contributed by atoms with E-state index in [-0.39, 0.29) is 11.8 Å². The molecule has 7 nitrogen and oxygen atoms in total. The van der Waals surface area contributed by atoms with Crippen molar-refractivity contribution in [3.63, 3.8) is 0 Å². The molecule has 2 amide bonds. The van der Waals surface area contributed by atoms with E-state index in [0.717, 1.165) is 38.5 Å². The van der Waals surface area contributed by atoms with Gasteiger partial charge in [-0.3, -0.25) is 9.59 Å². The maximum absolute atomic E-state index is 12.7. The van der Waals surface area contributed by atoms with E-state index in [9.17, 15) is 9.59 Å². The van der Waals surface area contributed by atoms with Crippen LogP contribution in [-0.4, -0.2) is 30.3 Å². The van der Waals surface area contributed by atoms with Crippen molar-refractivity contribution < 1.29 is 23.8 Å². The minimum absolute atomic E-state index is 0.179. The maximum Gasteiger partial charge on any atom is 0.255 e. The summed E-state index contributed by atoms with van der Waals surface area (Å²) >= 11 is 0. The van der Waals surface area contributed by atoms with Crippen LogP contribution in [0.25, 0.3) is 0 Å². The third-order valence-electron chi connectivity index (χ3n) is 5.77. The first-order chi connectivity index (χ1) is 14.6. The van der Waals surface area contributed by atoms with Gasteiger partial charge in [0, 0.05) is 42.5 Å². The zero-order chi connectivity index (χ0) is 20.6. The van der Waals surface area contributed by atoms with Crippen LogP contribution in [0, 0.1) is 0 Å². The Balaban J connectivity index is 1.25. The SMILES string of the molecule is O=C(Nc1ccc2c(c1)OC1(CCCC1)O2)c1cccc(NC(=O)C2CCCO2)c1. The molecule has 0 radical (unpaired) electrons. The fourth-order valence-corrected chi connectivity index (χ4v) is 4.24. The molecule has 7 heteroatoms. The van der Waals surface area contributed by atoms with E-state index in [1.165, 1.54) is 0 Å². The molecule has 2 aliphatic heterocycles. The highest BCUT2D eigenvalue weighted by Crippen LogP contribution is 2.47. The Morgan fingerprint density at radius 3 is 2.50 bits per heavy atom. The topological polar surface area (TPSA) is 85.9 Å². The number of rotatable bonds is 4. The van der Waals surface area contributed by atoms with Gasteiger partial charge >= 0.3 is 0 Å². The van der Waals surface area contributed by atoms with Gasteiger partial charge in [0.2, 0.25) is 0 Å². The van der Waals surface area contributed by atoms with E-state index in [2.05, 4.69) is 10.6 Å². The lowest BCUT2D eigenvalue weighted by Gasteiger charge is -2.21. The molecule has 30 heavy (non-hydrogen) atoms. The minimum atomic E-state index is -0.527. The summed E-state index contributed by atoms with van der Waals surface area (Å²) in [7, 11) is 0. The van der Waals surface area contributed by atoms with E-state index < -0.39 is 11.9 Å². The first-order valence-corrected chi connectivity index (χ1v) is 10.5. The van der Waals surface area contributed by atoms with Crippen LogP contribution in [0.5, 0.6) is 11.5 Å². The summed E-state index contributed by atoms with van der Waals surface area (Å²) in [5.74, 6) is 0.404. The molecule has 2 aromatic carbocycles. The molecule has 1 unspecified atom stereocenters. The zero-order valence-corrected chi connectivity index (χ0v) is 16.6. The van der Waals surface area contributed by atoms with E-state index in [1.54, 1.807) is 36.4 Å². The third kappa shape index (κ3) is 3.73. The van der Waals surface area contributed by atoms with Gasteiger partial charge in [-0.05, 0) is 56.0 Å². The Morgan fingerprint density at radius 1 is 0.900 bits per heavy atom. The molecule has 5 rings (SSSR count). The van der Waals surface area contributed by atoms with Gasteiger partial charge in [-0.25, -0.2) is 0 Å². The molecule has 3 aliphatic rings. The highest BCUT2D eigenvalue weighted by molar-refractivity contribution is 6.05. The van der Waals surface area contributed by atoms with Crippen LogP contribution in [0.3, 0.4) is 0 Å². The van der Waals surface area contributed by atoms with E-state index in [1.807, 2.05) is 6.07 Å². The minimum Gasteiger partial charge on any atom is -0.448 e. The summed E-state index contributed by atoms with van der Waals surface area (Å²) < 4.78 is 17.5. The second-order valence-corrected chi connectivity index (χ2v) is 8.01. The number of carbonyl (C=O) groups excluding carboxylic acids is 2. The molecule has 1 saturated heterocycles. The van der Waals surface area contributed by atoms with Crippen molar-refractivity contribution in [2.45, 2.75) is 50.4 Å². The number of amides is 2. The average molecular weight is 408 g/mol. The van der Waals surface area contributed by atoms with Crippen molar-refractivity contribution in [3.8, 4) is 11.5 Å². The van der Waals surface area contributed by atoms with Crippen molar-refractivity contribution in [2.24, 2.45) is 0 Å². The normalized spacial score (nSPS) is 21.0. The van der Waals surface area contributed by atoms with Gasteiger partial charge in [-0.2, -0.15) is 0 Å². The van der Waals surface area contributed by atoms with Gasteiger partial charge in [0.05, 0.1) is 0 Å². The van der Waals surface area contributed by atoms with Crippen LogP contribution in [0.15, 0.2) is 42.5 Å². The quantitative estimate of drug-likeness (QED) is 0.796. The second-order valence-electron chi connectivity index (χ2n) is 8.01. The first kappa shape index (κ1) is 18.9. The summed E-state index contributed by atoms with van der Waals surface area (Å²) in [5.41, 5.74) is 1.65. The van der Waals surface area contributed by atoms with E-state index in [0.29, 0.717) is 35.0 Å². The number of hydrogen-bond donors (Lipinski definition) is 2. The summed E-state index contributed by atoms with van der Waals surface area (Å²) in [6.45, 7) is 0.608.